The second-order valence-electron chi connectivity index (χ2n) is 5.17. The van der Waals surface area contributed by atoms with Crippen LogP contribution < -0.4 is 4.74 Å². The highest BCUT2D eigenvalue weighted by molar-refractivity contribution is 9.10. The average molecular weight is 365 g/mol. The lowest BCUT2D eigenvalue weighted by molar-refractivity contribution is 0.484. The highest BCUT2D eigenvalue weighted by Gasteiger charge is 2.10. The van der Waals surface area contributed by atoms with Crippen LogP contribution in [0.4, 0.5) is 0 Å². The largest absolute Gasteiger partial charge is 0.457 e. The van der Waals surface area contributed by atoms with Gasteiger partial charge in [0, 0.05) is 33.4 Å². The Morgan fingerprint density at radius 3 is 2.61 bits per heavy atom. The lowest BCUT2D eigenvalue weighted by Gasteiger charge is -2.11. The van der Waals surface area contributed by atoms with E-state index in [-0.39, 0.29) is 0 Å². The third-order valence-electron chi connectivity index (χ3n) is 3.65. The van der Waals surface area contributed by atoms with Crippen LogP contribution in [0.2, 0.25) is 0 Å². The molecule has 0 unspecified atom stereocenters. The van der Waals surface area contributed by atoms with Crippen LogP contribution in [-0.2, 0) is 0 Å². The molecule has 0 atom stereocenters. The fourth-order valence-electron chi connectivity index (χ4n) is 2.53. The van der Waals surface area contributed by atoms with Crippen molar-refractivity contribution in [2.24, 2.45) is 0 Å². The summed E-state index contributed by atoms with van der Waals surface area (Å²) in [4.78, 5) is 7.62. The maximum absolute atomic E-state index is 6.04. The summed E-state index contributed by atoms with van der Waals surface area (Å²) in [5, 5.41) is 1.05. The number of nitrogens with zero attached hydrogens (tertiary/aromatic N) is 1. The molecule has 4 heteroatoms. The molecule has 0 spiro atoms. The second kappa shape index (κ2) is 5.89. The molecule has 1 N–H and O–H groups in total. The molecule has 0 saturated heterocycles. The maximum atomic E-state index is 6.04. The van der Waals surface area contributed by atoms with Crippen LogP contribution in [0.1, 0.15) is 0 Å². The number of benzene rings is 2. The molecule has 2 heterocycles. The molecule has 23 heavy (non-hydrogen) atoms. The molecule has 112 valence electrons. The standard InChI is InChI=1S/C19H13BrN2O/c20-17-12-22-19-16(17)10-13(11-21-19)15-8-4-5-9-18(15)23-14-6-2-1-3-7-14/h1-12H,(H,21,22). The third kappa shape index (κ3) is 2.73. The van der Waals surface area contributed by atoms with Gasteiger partial charge in [-0.05, 0) is 40.2 Å². The summed E-state index contributed by atoms with van der Waals surface area (Å²) >= 11 is 3.54. The first-order valence-electron chi connectivity index (χ1n) is 7.26. The van der Waals surface area contributed by atoms with Crippen LogP contribution in [0.15, 0.2) is 77.5 Å². The predicted octanol–water partition coefficient (Wildman–Crippen LogP) is 5.78. The molecular formula is C19H13BrN2O. The van der Waals surface area contributed by atoms with Gasteiger partial charge >= 0.3 is 0 Å². The van der Waals surface area contributed by atoms with E-state index >= 15 is 0 Å². The van der Waals surface area contributed by atoms with Crippen LogP contribution in [0.5, 0.6) is 11.5 Å². The number of hydrogen-bond donors (Lipinski definition) is 1. The highest BCUT2D eigenvalue weighted by Crippen LogP contribution is 2.35. The fourth-order valence-corrected chi connectivity index (χ4v) is 2.94. The van der Waals surface area contributed by atoms with Gasteiger partial charge in [-0.25, -0.2) is 4.98 Å². The summed E-state index contributed by atoms with van der Waals surface area (Å²) in [6.45, 7) is 0. The van der Waals surface area contributed by atoms with Crippen LogP contribution >= 0.6 is 15.9 Å². The van der Waals surface area contributed by atoms with Gasteiger partial charge in [0.1, 0.15) is 17.1 Å². The van der Waals surface area contributed by atoms with Crippen molar-refractivity contribution in [1.29, 1.82) is 0 Å². The number of fused-ring (bicyclic) bond motifs is 1. The van der Waals surface area contributed by atoms with Gasteiger partial charge in [0.2, 0.25) is 0 Å². The Morgan fingerprint density at radius 1 is 0.957 bits per heavy atom. The number of hydrogen-bond acceptors (Lipinski definition) is 2. The number of pyridine rings is 1. The van der Waals surface area contributed by atoms with Crippen LogP contribution in [-0.4, -0.2) is 9.97 Å². The third-order valence-corrected chi connectivity index (χ3v) is 4.31. The van der Waals surface area contributed by atoms with Gasteiger partial charge in [0.25, 0.3) is 0 Å². The number of H-pyrrole nitrogens is 1. The van der Waals surface area contributed by atoms with Crippen molar-refractivity contribution in [2.75, 3.05) is 0 Å². The quantitative estimate of drug-likeness (QED) is 0.499. The Morgan fingerprint density at radius 2 is 1.74 bits per heavy atom. The number of aromatic amines is 1. The molecule has 0 radical (unpaired) electrons. The van der Waals surface area contributed by atoms with Crippen LogP contribution in [0, 0.1) is 0 Å². The summed E-state index contributed by atoms with van der Waals surface area (Å²) in [6, 6.07) is 19.9. The van der Waals surface area contributed by atoms with E-state index in [1.54, 1.807) is 0 Å². The smallest absolute Gasteiger partial charge is 0.138 e. The lowest BCUT2D eigenvalue weighted by Crippen LogP contribution is -1.89. The van der Waals surface area contributed by atoms with Crippen molar-refractivity contribution in [3.8, 4) is 22.6 Å². The molecule has 2 aromatic carbocycles. The van der Waals surface area contributed by atoms with Gasteiger partial charge in [-0.1, -0.05) is 36.4 Å². The van der Waals surface area contributed by atoms with Gasteiger partial charge in [-0.15, -0.1) is 0 Å². The monoisotopic (exact) mass is 364 g/mol. The zero-order valence-corrected chi connectivity index (χ0v) is 13.7. The van der Waals surface area contributed by atoms with Crippen molar-refractivity contribution in [2.45, 2.75) is 0 Å². The van der Waals surface area contributed by atoms with Gasteiger partial charge in [0.05, 0.1) is 0 Å². The van der Waals surface area contributed by atoms with Crippen LogP contribution in [0.3, 0.4) is 0 Å². The molecule has 0 amide bonds. The topological polar surface area (TPSA) is 37.9 Å². The van der Waals surface area contributed by atoms with E-state index in [0.29, 0.717) is 0 Å². The Bertz CT molecular complexity index is 963. The summed E-state index contributed by atoms with van der Waals surface area (Å²) in [5.41, 5.74) is 2.89. The first-order chi connectivity index (χ1) is 11.3. The summed E-state index contributed by atoms with van der Waals surface area (Å²) in [7, 11) is 0. The highest BCUT2D eigenvalue weighted by atomic mass is 79.9. The van der Waals surface area contributed by atoms with E-state index in [9.17, 15) is 0 Å². The predicted molar refractivity (Wildman–Crippen MR) is 95.7 cm³/mol. The van der Waals surface area contributed by atoms with Crippen molar-refractivity contribution < 1.29 is 4.74 Å². The normalized spacial score (nSPS) is 10.8. The van der Waals surface area contributed by atoms with E-state index < -0.39 is 0 Å². The molecule has 2 aromatic heterocycles. The lowest BCUT2D eigenvalue weighted by atomic mass is 10.1. The number of ether oxygens (including phenoxy) is 1. The first kappa shape index (κ1) is 14.0. The first-order valence-corrected chi connectivity index (χ1v) is 8.05. The fraction of sp³-hybridized carbons (Fsp3) is 0. The van der Waals surface area contributed by atoms with E-state index in [1.165, 1.54) is 0 Å². The van der Waals surface area contributed by atoms with E-state index in [2.05, 4.69) is 32.0 Å². The molecule has 0 aliphatic rings. The van der Waals surface area contributed by atoms with Crippen molar-refractivity contribution in [1.82, 2.24) is 9.97 Å². The summed E-state index contributed by atoms with van der Waals surface area (Å²) in [5.74, 6) is 1.63. The van der Waals surface area contributed by atoms with Crippen molar-refractivity contribution in [3.63, 3.8) is 0 Å². The minimum atomic E-state index is 0.812. The molecule has 0 saturated carbocycles. The second-order valence-corrected chi connectivity index (χ2v) is 6.02. The van der Waals surface area contributed by atoms with E-state index in [4.69, 9.17) is 4.74 Å². The minimum absolute atomic E-state index is 0.812. The number of halogens is 1. The SMILES string of the molecule is Brc1c[nH]c2ncc(-c3ccccc3Oc3ccccc3)cc12. The molecular weight excluding hydrogens is 352 g/mol. The molecule has 0 bridgehead atoms. The molecule has 0 fully saturated rings. The van der Waals surface area contributed by atoms with Crippen LogP contribution in [0.25, 0.3) is 22.2 Å². The van der Waals surface area contributed by atoms with Gasteiger partial charge in [0.15, 0.2) is 0 Å². The minimum Gasteiger partial charge on any atom is -0.457 e. The number of para-hydroxylation sites is 2. The number of rotatable bonds is 3. The molecule has 0 aliphatic carbocycles. The number of aromatic nitrogens is 2. The molecule has 4 rings (SSSR count). The summed E-state index contributed by atoms with van der Waals surface area (Å²) < 4.78 is 7.04. The molecule has 3 nitrogen and oxygen atoms in total. The van der Waals surface area contributed by atoms with Gasteiger partial charge < -0.3 is 9.72 Å². The average Bonchev–Trinajstić information content (AvgIpc) is 2.97. The zero-order chi connectivity index (χ0) is 15.6. The van der Waals surface area contributed by atoms with Gasteiger partial charge in [-0.3, -0.25) is 0 Å². The van der Waals surface area contributed by atoms with Crippen molar-refractivity contribution in [3.05, 3.63) is 77.5 Å². The molecule has 4 aromatic rings. The van der Waals surface area contributed by atoms with Gasteiger partial charge in [-0.2, -0.15) is 0 Å². The summed E-state index contributed by atoms with van der Waals surface area (Å²) in [6.07, 6.45) is 3.76. The Labute approximate surface area is 142 Å². The zero-order valence-electron chi connectivity index (χ0n) is 12.2. The van der Waals surface area contributed by atoms with Crippen molar-refractivity contribution >= 4 is 27.0 Å². The van der Waals surface area contributed by atoms with E-state index in [0.717, 1.165) is 38.1 Å². The Kier molecular flexibility index (Phi) is 3.60. The Hall–Kier alpha value is -2.59. The van der Waals surface area contributed by atoms with E-state index in [1.807, 2.05) is 67.0 Å². The molecule has 0 aliphatic heterocycles. The Balaban J connectivity index is 1.80. The maximum Gasteiger partial charge on any atom is 0.138 e. The number of nitrogens with one attached hydrogen (secondary N) is 1.